The van der Waals surface area contributed by atoms with Crippen molar-refractivity contribution in [3.05, 3.63) is 23.4 Å². The lowest BCUT2D eigenvalue weighted by Crippen LogP contribution is -2.41. The van der Waals surface area contributed by atoms with Crippen molar-refractivity contribution >= 4 is 5.91 Å². The van der Waals surface area contributed by atoms with Crippen LogP contribution in [0.5, 0.6) is 0 Å². The van der Waals surface area contributed by atoms with Crippen LogP contribution in [0, 0.1) is 24.2 Å². The normalized spacial score (nSPS) is 29.3. The van der Waals surface area contributed by atoms with E-state index in [1.165, 1.54) is 5.57 Å². The number of amides is 1. The predicted molar refractivity (Wildman–Crippen MR) is 87.8 cm³/mol. The van der Waals surface area contributed by atoms with Crippen molar-refractivity contribution in [3.8, 4) is 0 Å². The van der Waals surface area contributed by atoms with E-state index < -0.39 is 0 Å². The first-order valence-electron chi connectivity index (χ1n) is 8.54. The summed E-state index contributed by atoms with van der Waals surface area (Å²) in [6, 6.07) is 0. The van der Waals surface area contributed by atoms with E-state index in [4.69, 9.17) is 4.52 Å². The molecule has 0 N–H and O–H groups in total. The molecule has 3 atom stereocenters. The zero-order valence-corrected chi connectivity index (χ0v) is 14.8. The Balaban J connectivity index is 1.69. The third-order valence-corrected chi connectivity index (χ3v) is 5.33. The van der Waals surface area contributed by atoms with Crippen LogP contribution >= 0.6 is 0 Å². The molecule has 2 heterocycles. The Hall–Kier alpha value is -1.65. The molecule has 1 amide bonds. The van der Waals surface area contributed by atoms with Gasteiger partial charge in [-0.2, -0.15) is 4.98 Å². The van der Waals surface area contributed by atoms with Gasteiger partial charge < -0.3 is 9.42 Å². The summed E-state index contributed by atoms with van der Waals surface area (Å²) in [5.74, 6) is 2.32. The smallest absolute Gasteiger partial charge is 0.226 e. The predicted octanol–water partition coefficient (Wildman–Crippen LogP) is 3.32. The van der Waals surface area contributed by atoms with Gasteiger partial charge in [0, 0.05) is 25.9 Å². The van der Waals surface area contributed by atoms with Gasteiger partial charge >= 0.3 is 0 Å². The van der Waals surface area contributed by atoms with Crippen molar-refractivity contribution < 1.29 is 9.32 Å². The summed E-state index contributed by atoms with van der Waals surface area (Å²) in [5, 5.41) is 4.04. The van der Waals surface area contributed by atoms with E-state index >= 15 is 0 Å². The van der Waals surface area contributed by atoms with Crippen LogP contribution in [0.2, 0.25) is 0 Å². The van der Waals surface area contributed by atoms with E-state index in [0.717, 1.165) is 25.2 Å². The molecule has 23 heavy (non-hydrogen) atoms. The van der Waals surface area contributed by atoms with Crippen LogP contribution in [0.3, 0.4) is 0 Å². The van der Waals surface area contributed by atoms with Crippen molar-refractivity contribution in [2.24, 2.45) is 17.3 Å². The number of rotatable bonds is 3. The molecule has 126 valence electrons. The number of hydrogen-bond donors (Lipinski definition) is 0. The number of aromatic nitrogens is 2. The van der Waals surface area contributed by atoms with Crippen molar-refractivity contribution in [1.82, 2.24) is 15.0 Å². The lowest BCUT2D eigenvalue weighted by atomic mass is 9.96. The SMILES string of the molecule is CC(C)=C[C@@H]1[C@H](C(=O)N2CCC[C@H](c3noc(C)n3)C2)C1(C)C. The molecule has 5 nitrogen and oxygen atoms in total. The standard InChI is InChI=1S/C18H27N3O2/c1-11(2)9-14-15(18(14,4)5)17(22)21-8-6-7-13(10-21)16-19-12(3)23-20-16/h9,13-15H,6-8,10H2,1-5H3/t13-,14+,15+/m0/s1. The second-order valence-corrected chi connectivity index (χ2v) is 7.86. The molecule has 1 aromatic rings. The first-order valence-corrected chi connectivity index (χ1v) is 8.54. The van der Waals surface area contributed by atoms with E-state index in [2.05, 4.69) is 43.9 Å². The van der Waals surface area contributed by atoms with Crippen LogP contribution in [-0.2, 0) is 4.79 Å². The molecule has 1 saturated heterocycles. The number of allylic oxidation sites excluding steroid dienone is 2. The molecule has 2 aliphatic rings. The van der Waals surface area contributed by atoms with E-state index in [9.17, 15) is 4.79 Å². The maximum absolute atomic E-state index is 13.0. The molecule has 1 aliphatic carbocycles. The van der Waals surface area contributed by atoms with E-state index in [1.54, 1.807) is 6.92 Å². The number of nitrogens with zero attached hydrogens (tertiary/aromatic N) is 3. The number of carbonyl (C=O) groups is 1. The first-order chi connectivity index (χ1) is 10.8. The molecular weight excluding hydrogens is 290 g/mol. The number of aryl methyl sites for hydroxylation is 1. The fourth-order valence-electron chi connectivity index (χ4n) is 3.89. The topological polar surface area (TPSA) is 59.2 Å². The Morgan fingerprint density at radius 1 is 1.39 bits per heavy atom. The number of carbonyl (C=O) groups excluding carboxylic acids is 1. The molecule has 2 fully saturated rings. The van der Waals surface area contributed by atoms with Gasteiger partial charge in [-0.25, -0.2) is 0 Å². The van der Waals surface area contributed by atoms with Crippen LogP contribution in [0.25, 0.3) is 0 Å². The second kappa shape index (κ2) is 5.77. The Morgan fingerprint density at radius 3 is 2.74 bits per heavy atom. The molecule has 5 heteroatoms. The van der Waals surface area contributed by atoms with Gasteiger partial charge in [0.15, 0.2) is 5.82 Å². The maximum Gasteiger partial charge on any atom is 0.226 e. The molecule has 0 unspecified atom stereocenters. The summed E-state index contributed by atoms with van der Waals surface area (Å²) in [4.78, 5) is 19.3. The molecule has 0 spiro atoms. The van der Waals surface area contributed by atoms with Crippen LogP contribution in [0.4, 0.5) is 0 Å². The minimum absolute atomic E-state index is 0.0734. The first kappa shape index (κ1) is 16.2. The number of likely N-dealkylation sites (tertiary alicyclic amines) is 1. The average Bonchev–Trinajstić information content (AvgIpc) is 2.84. The van der Waals surface area contributed by atoms with Gasteiger partial charge in [0.25, 0.3) is 0 Å². The molecule has 0 aromatic carbocycles. The highest BCUT2D eigenvalue weighted by Gasteiger charge is 2.61. The van der Waals surface area contributed by atoms with Crippen molar-refractivity contribution in [3.63, 3.8) is 0 Å². The Bertz CT molecular complexity index is 628. The van der Waals surface area contributed by atoms with Gasteiger partial charge in [-0.05, 0) is 38.0 Å². The van der Waals surface area contributed by atoms with Crippen molar-refractivity contribution in [1.29, 1.82) is 0 Å². The molecule has 1 aliphatic heterocycles. The van der Waals surface area contributed by atoms with Gasteiger partial charge in [-0.15, -0.1) is 0 Å². The van der Waals surface area contributed by atoms with Gasteiger partial charge in [-0.1, -0.05) is 30.7 Å². The highest BCUT2D eigenvalue weighted by atomic mass is 16.5. The van der Waals surface area contributed by atoms with Crippen molar-refractivity contribution in [2.45, 2.75) is 53.4 Å². The molecule has 1 aromatic heterocycles. The molecule has 0 bridgehead atoms. The van der Waals surface area contributed by atoms with Gasteiger partial charge in [-0.3, -0.25) is 4.79 Å². The minimum atomic E-state index is 0.0734. The fraction of sp³-hybridized carbons (Fsp3) is 0.722. The summed E-state index contributed by atoms with van der Waals surface area (Å²) >= 11 is 0. The van der Waals surface area contributed by atoms with Crippen LogP contribution in [-0.4, -0.2) is 34.0 Å². The number of hydrogen-bond acceptors (Lipinski definition) is 4. The van der Waals surface area contributed by atoms with E-state index in [0.29, 0.717) is 24.3 Å². The molecule has 3 rings (SSSR count). The fourth-order valence-corrected chi connectivity index (χ4v) is 3.89. The summed E-state index contributed by atoms with van der Waals surface area (Å²) < 4.78 is 5.09. The Morgan fingerprint density at radius 2 is 2.13 bits per heavy atom. The molecule has 0 radical (unpaired) electrons. The third-order valence-electron chi connectivity index (χ3n) is 5.33. The third kappa shape index (κ3) is 3.06. The molecule has 1 saturated carbocycles. The molecular formula is C18H27N3O2. The Labute approximate surface area is 138 Å². The zero-order chi connectivity index (χ0) is 16.8. The monoisotopic (exact) mass is 317 g/mol. The van der Waals surface area contributed by atoms with Crippen LogP contribution in [0.15, 0.2) is 16.2 Å². The zero-order valence-electron chi connectivity index (χ0n) is 14.8. The second-order valence-electron chi connectivity index (χ2n) is 7.86. The summed E-state index contributed by atoms with van der Waals surface area (Å²) in [6.45, 7) is 12.0. The highest BCUT2D eigenvalue weighted by molar-refractivity contribution is 5.84. The summed E-state index contributed by atoms with van der Waals surface area (Å²) in [7, 11) is 0. The van der Waals surface area contributed by atoms with Crippen LogP contribution in [0.1, 0.15) is 58.2 Å². The highest BCUT2D eigenvalue weighted by Crippen LogP contribution is 2.60. The van der Waals surface area contributed by atoms with Crippen molar-refractivity contribution in [2.75, 3.05) is 13.1 Å². The summed E-state index contributed by atoms with van der Waals surface area (Å²) in [6.07, 6.45) is 4.28. The van der Waals surface area contributed by atoms with Crippen LogP contribution < -0.4 is 0 Å². The lowest BCUT2D eigenvalue weighted by Gasteiger charge is -2.31. The largest absolute Gasteiger partial charge is 0.342 e. The number of piperidine rings is 1. The quantitative estimate of drug-likeness (QED) is 0.802. The minimum Gasteiger partial charge on any atom is -0.342 e. The summed E-state index contributed by atoms with van der Waals surface area (Å²) in [5.41, 5.74) is 1.36. The Kier molecular flexibility index (Phi) is 4.07. The van der Waals surface area contributed by atoms with Gasteiger partial charge in [0.05, 0.1) is 5.92 Å². The van der Waals surface area contributed by atoms with Gasteiger partial charge in [0.2, 0.25) is 11.8 Å². The maximum atomic E-state index is 13.0. The van der Waals surface area contributed by atoms with E-state index in [-0.39, 0.29) is 17.3 Å². The average molecular weight is 317 g/mol. The van der Waals surface area contributed by atoms with Gasteiger partial charge in [0.1, 0.15) is 0 Å². The van der Waals surface area contributed by atoms with E-state index in [1.807, 2.05) is 4.90 Å². The lowest BCUT2D eigenvalue weighted by molar-refractivity contribution is -0.134.